The summed E-state index contributed by atoms with van der Waals surface area (Å²) < 4.78 is 5.55. The number of ether oxygens (including phenoxy) is 1. The lowest BCUT2D eigenvalue weighted by molar-refractivity contribution is 0.0619. The van der Waals surface area contributed by atoms with Crippen molar-refractivity contribution in [1.29, 1.82) is 0 Å². The molecule has 0 bridgehead atoms. The Morgan fingerprint density at radius 2 is 2.00 bits per heavy atom. The number of piperidine rings is 1. The Bertz CT molecular complexity index is 477. The van der Waals surface area contributed by atoms with Gasteiger partial charge in [-0.1, -0.05) is 13.8 Å². The number of hydrogen-bond acceptors (Lipinski definition) is 3. The first kappa shape index (κ1) is 14.7. The van der Waals surface area contributed by atoms with Crippen LogP contribution in [-0.4, -0.2) is 30.5 Å². The highest BCUT2D eigenvalue weighted by atomic mass is 16.5. The predicted molar refractivity (Wildman–Crippen MR) is 80.9 cm³/mol. The van der Waals surface area contributed by atoms with Gasteiger partial charge in [-0.3, -0.25) is 4.79 Å². The molecule has 1 fully saturated rings. The quantitative estimate of drug-likeness (QED) is 0.864. The first-order valence-corrected chi connectivity index (χ1v) is 7.32. The largest absolute Gasteiger partial charge is 0.493 e. The van der Waals surface area contributed by atoms with Gasteiger partial charge in [0.1, 0.15) is 5.75 Å². The van der Waals surface area contributed by atoms with Crippen LogP contribution in [0.5, 0.6) is 5.75 Å². The fourth-order valence-electron chi connectivity index (χ4n) is 3.00. The second-order valence-corrected chi connectivity index (χ2v) is 5.84. The molecular weight excluding hydrogens is 252 g/mol. The summed E-state index contributed by atoms with van der Waals surface area (Å²) in [4.78, 5) is 14.7. The summed E-state index contributed by atoms with van der Waals surface area (Å²) in [5, 5.41) is 0. The van der Waals surface area contributed by atoms with E-state index in [4.69, 9.17) is 10.5 Å². The SMILES string of the molecule is CCOc1ccc(N)cc1C(=O)N1C[C@H](C)C[C@@H](C)C1. The van der Waals surface area contributed by atoms with Crippen molar-refractivity contribution in [3.63, 3.8) is 0 Å². The van der Waals surface area contributed by atoms with Crippen LogP contribution in [0.1, 0.15) is 37.6 Å². The molecule has 0 aliphatic carbocycles. The summed E-state index contributed by atoms with van der Waals surface area (Å²) in [6, 6.07) is 5.27. The van der Waals surface area contributed by atoms with Crippen molar-refractivity contribution in [3.05, 3.63) is 23.8 Å². The fraction of sp³-hybridized carbons (Fsp3) is 0.562. The average Bonchev–Trinajstić information content (AvgIpc) is 2.39. The van der Waals surface area contributed by atoms with Crippen molar-refractivity contribution in [2.24, 2.45) is 11.8 Å². The van der Waals surface area contributed by atoms with E-state index in [1.807, 2.05) is 11.8 Å². The van der Waals surface area contributed by atoms with Crippen molar-refractivity contribution in [2.75, 3.05) is 25.4 Å². The normalized spacial score (nSPS) is 22.6. The van der Waals surface area contributed by atoms with Gasteiger partial charge < -0.3 is 15.4 Å². The van der Waals surface area contributed by atoms with E-state index in [1.165, 1.54) is 6.42 Å². The molecule has 2 atom stereocenters. The molecule has 4 heteroatoms. The van der Waals surface area contributed by atoms with Crippen LogP contribution in [0.2, 0.25) is 0 Å². The summed E-state index contributed by atoms with van der Waals surface area (Å²) in [5.74, 6) is 1.73. The van der Waals surface area contributed by atoms with Gasteiger partial charge in [-0.15, -0.1) is 0 Å². The second-order valence-electron chi connectivity index (χ2n) is 5.84. The Morgan fingerprint density at radius 1 is 1.35 bits per heavy atom. The lowest BCUT2D eigenvalue weighted by atomic mass is 9.91. The summed E-state index contributed by atoms with van der Waals surface area (Å²) in [7, 11) is 0. The smallest absolute Gasteiger partial charge is 0.257 e. The van der Waals surface area contributed by atoms with Crippen LogP contribution in [-0.2, 0) is 0 Å². The Kier molecular flexibility index (Phi) is 4.53. The minimum absolute atomic E-state index is 0.0270. The molecule has 110 valence electrons. The molecule has 0 radical (unpaired) electrons. The zero-order valence-electron chi connectivity index (χ0n) is 12.6. The number of likely N-dealkylation sites (tertiary alicyclic amines) is 1. The minimum atomic E-state index is 0.0270. The first-order chi connectivity index (χ1) is 9.51. The third-order valence-electron chi connectivity index (χ3n) is 3.69. The third kappa shape index (κ3) is 3.24. The molecular formula is C16H24N2O2. The predicted octanol–water partition coefficient (Wildman–Crippen LogP) is 2.79. The molecule has 1 aliphatic rings. The standard InChI is InChI=1S/C16H24N2O2/c1-4-20-15-6-5-13(17)8-14(15)16(19)18-9-11(2)7-12(3)10-18/h5-6,8,11-12H,4,7,9-10,17H2,1-3H3/t11-,12-/m1/s1. The highest BCUT2D eigenvalue weighted by Gasteiger charge is 2.27. The number of carbonyl (C=O) groups excluding carboxylic acids is 1. The maximum Gasteiger partial charge on any atom is 0.257 e. The van der Waals surface area contributed by atoms with E-state index in [0.29, 0.717) is 35.4 Å². The monoisotopic (exact) mass is 276 g/mol. The molecule has 0 unspecified atom stereocenters. The van der Waals surface area contributed by atoms with E-state index < -0.39 is 0 Å². The molecule has 2 N–H and O–H groups in total. The maximum atomic E-state index is 12.7. The molecule has 0 aromatic heterocycles. The molecule has 0 spiro atoms. The summed E-state index contributed by atoms with van der Waals surface area (Å²) in [5.41, 5.74) is 6.99. The maximum absolute atomic E-state index is 12.7. The Balaban J connectivity index is 2.25. The molecule has 0 saturated carbocycles. The molecule has 1 aliphatic heterocycles. The zero-order valence-corrected chi connectivity index (χ0v) is 12.6. The number of anilines is 1. The Morgan fingerprint density at radius 3 is 2.60 bits per heavy atom. The van der Waals surface area contributed by atoms with Crippen LogP contribution in [0.4, 0.5) is 5.69 Å². The number of nitrogens with zero attached hydrogens (tertiary/aromatic N) is 1. The number of carbonyl (C=O) groups is 1. The lowest BCUT2D eigenvalue weighted by Crippen LogP contribution is -2.42. The van der Waals surface area contributed by atoms with Gasteiger partial charge in [0.2, 0.25) is 0 Å². The molecule has 1 aromatic rings. The van der Waals surface area contributed by atoms with Gasteiger partial charge in [-0.05, 0) is 43.4 Å². The van der Waals surface area contributed by atoms with E-state index >= 15 is 0 Å². The van der Waals surface area contributed by atoms with E-state index in [0.717, 1.165) is 13.1 Å². The van der Waals surface area contributed by atoms with E-state index in [2.05, 4.69) is 13.8 Å². The van der Waals surface area contributed by atoms with Crippen LogP contribution in [0.25, 0.3) is 0 Å². The van der Waals surface area contributed by atoms with Crippen molar-refractivity contribution in [2.45, 2.75) is 27.2 Å². The molecule has 4 nitrogen and oxygen atoms in total. The van der Waals surface area contributed by atoms with Crippen molar-refractivity contribution in [1.82, 2.24) is 4.90 Å². The van der Waals surface area contributed by atoms with Crippen LogP contribution in [0.15, 0.2) is 18.2 Å². The molecule has 1 aromatic carbocycles. The van der Waals surface area contributed by atoms with Crippen LogP contribution < -0.4 is 10.5 Å². The molecule has 1 amide bonds. The molecule has 1 heterocycles. The minimum Gasteiger partial charge on any atom is -0.493 e. The van der Waals surface area contributed by atoms with Gasteiger partial charge in [0.05, 0.1) is 12.2 Å². The summed E-state index contributed by atoms with van der Waals surface area (Å²) >= 11 is 0. The van der Waals surface area contributed by atoms with Gasteiger partial charge >= 0.3 is 0 Å². The topological polar surface area (TPSA) is 55.6 Å². The summed E-state index contributed by atoms with van der Waals surface area (Å²) in [6.45, 7) is 8.46. The van der Waals surface area contributed by atoms with Crippen LogP contribution in [0, 0.1) is 11.8 Å². The van der Waals surface area contributed by atoms with E-state index in [-0.39, 0.29) is 5.91 Å². The van der Waals surface area contributed by atoms with Gasteiger partial charge in [-0.25, -0.2) is 0 Å². The van der Waals surface area contributed by atoms with E-state index in [9.17, 15) is 4.79 Å². The Hall–Kier alpha value is -1.71. The van der Waals surface area contributed by atoms with Crippen molar-refractivity contribution >= 4 is 11.6 Å². The van der Waals surface area contributed by atoms with Gasteiger partial charge in [0, 0.05) is 18.8 Å². The van der Waals surface area contributed by atoms with Gasteiger partial charge in [0.15, 0.2) is 0 Å². The second kappa shape index (κ2) is 6.16. The number of hydrogen-bond donors (Lipinski definition) is 1. The number of amides is 1. The van der Waals surface area contributed by atoms with Gasteiger partial charge in [0.25, 0.3) is 5.91 Å². The third-order valence-corrected chi connectivity index (χ3v) is 3.69. The number of benzene rings is 1. The van der Waals surface area contributed by atoms with Crippen LogP contribution in [0.3, 0.4) is 0 Å². The number of rotatable bonds is 3. The number of nitrogen functional groups attached to an aromatic ring is 1. The lowest BCUT2D eigenvalue weighted by Gasteiger charge is -2.35. The number of nitrogens with two attached hydrogens (primary N) is 1. The van der Waals surface area contributed by atoms with E-state index in [1.54, 1.807) is 18.2 Å². The zero-order chi connectivity index (χ0) is 14.7. The highest BCUT2D eigenvalue weighted by Crippen LogP contribution is 2.27. The van der Waals surface area contributed by atoms with Gasteiger partial charge in [-0.2, -0.15) is 0 Å². The summed E-state index contributed by atoms with van der Waals surface area (Å²) in [6.07, 6.45) is 1.18. The highest BCUT2D eigenvalue weighted by molar-refractivity contribution is 5.98. The molecule has 20 heavy (non-hydrogen) atoms. The average molecular weight is 276 g/mol. The first-order valence-electron chi connectivity index (χ1n) is 7.32. The van der Waals surface area contributed by atoms with Crippen LogP contribution >= 0.6 is 0 Å². The Labute approximate surface area is 120 Å². The van der Waals surface area contributed by atoms with Crippen molar-refractivity contribution < 1.29 is 9.53 Å². The van der Waals surface area contributed by atoms with Crippen molar-refractivity contribution in [3.8, 4) is 5.75 Å². The fourth-order valence-corrected chi connectivity index (χ4v) is 3.00. The molecule has 1 saturated heterocycles. The molecule has 2 rings (SSSR count).